The first-order valence-electron chi connectivity index (χ1n) is 5.32. The molecule has 0 aliphatic rings. The Bertz CT molecular complexity index is 560. The quantitative estimate of drug-likeness (QED) is 0.828. The lowest BCUT2D eigenvalue weighted by molar-refractivity contribution is 0.367. The molecule has 0 amide bonds. The molecule has 0 fully saturated rings. The summed E-state index contributed by atoms with van der Waals surface area (Å²) in [5.74, 6) is 0.432. The van der Waals surface area contributed by atoms with Gasteiger partial charge in [-0.1, -0.05) is 0 Å². The van der Waals surface area contributed by atoms with Crippen LogP contribution >= 0.6 is 0 Å². The first kappa shape index (κ1) is 12.2. The molecule has 0 saturated carbocycles. The molecule has 6 heteroatoms. The Labute approximate surface area is 104 Å². The molecule has 0 atom stereocenters. The first-order valence-corrected chi connectivity index (χ1v) is 5.32. The molecule has 94 valence electrons. The predicted octanol–water partition coefficient (Wildman–Crippen LogP) is 1.75. The van der Waals surface area contributed by atoms with Gasteiger partial charge in [-0.05, 0) is 12.1 Å². The summed E-state index contributed by atoms with van der Waals surface area (Å²) < 4.78 is 18.1. The molecule has 0 saturated heterocycles. The first-order chi connectivity index (χ1) is 8.63. The van der Waals surface area contributed by atoms with Gasteiger partial charge in [-0.2, -0.15) is 9.37 Å². The summed E-state index contributed by atoms with van der Waals surface area (Å²) in [6.45, 7) is 0. The summed E-state index contributed by atoms with van der Waals surface area (Å²) >= 11 is 0. The molecule has 0 aliphatic heterocycles. The highest BCUT2D eigenvalue weighted by molar-refractivity contribution is 5.70. The number of nitrogens with zero attached hydrogens (tertiary/aromatic N) is 4. The van der Waals surface area contributed by atoms with E-state index in [4.69, 9.17) is 4.74 Å². The van der Waals surface area contributed by atoms with Crippen LogP contribution in [0.2, 0.25) is 0 Å². The zero-order valence-corrected chi connectivity index (χ0v) is 10.4. The smallest absolute Gasteiger partial charge is 0.253 e. The highest BCUT2D eigenvalue weighted by Crippen LogP contribution is 2.26. The molecule has 2 aromatic heterocycles. The van der Waals surface area contributed by atoms with E-state index in [2.05, 4.69) is 15.0 Å². The number of rotatable bonds is 3. The maximum atomic E-state index is 13.3. The fraction of sp³-hybridized carbons (Fsp3) is 0.250. The zero-order chi connectivity index (χ0) is 13.1. The lowest BCUT2D eigenvalue weighted by Gasteiger charge is -2.15. The molecule has 18 heavy (non-hydrogen) atoms. The molecule has 0 aliphatic carbocycles. The Balaban J connectivity index is 2.55. The van der Waals surface area contributed by atoms with Crippen molar-refractivity contribution in [3.8, 4) is 17.3 Å². The van der Waals surface area contributed by atoms with Gasteiger partial charge >= 0.3 is 0 Å². The van der Waals surface area contributed by atoms with Gasteiger partial charge in [0.05, 0.1) is 18.9 Å². The van der Waals surface area contributed by atoms with E-state index in [-0.39, 0.29) is 5.88 Å². The number of anilines is 1. The number of hydrogen-bond donors (Lipinski definition) is 0. The van der Waals surface area contributed by atoms with Crippen molar-refractivity contribution in [2.45, 2.75) is 0 Å². The van der Waals surface area contributed by atoms with Gasteiger partial charge in [0.25, 0.3) is 5.88 Å². The van der Waals surface area contributed by atoms with Crippen molar-refractivity contribution in [3.05, 3.63) is 30.3 Å². The normalized spacial score (nSPS) is 10.2. The van der Waals surface area contributed by atoms with E-state index in [9.17, 15) is 4.39 Å². The third-order valence-corrected chi connectivity index (χ3v) is 2.36. The Morgan fingerprint density at radius 2 is 2.06 bits per heavy atom. The van der Waals surface area contributed by atoms with Crippen LogP contribution in [0.15, 0.2) is 24.5 Å². The molecular formula is C12H13FN4O. The summed E-state index contributed by atoms with van der Waals surface area (Å²) in [4.78, 5) is 14.1. The second-order valence-corrected chi connectivity index (χ2v) is 3.82. The Kier molecular flexibility index (Phi) is 3.36. The van der Waals surface area contributed by atoms with Crippen LogP contribution in [-0.2, 0) is 0 Å². The second-order valence-electron chi connectivity index (χ2n) is 3.82. The lowest BCUT2D eigenvalue weighted by Crippen LogP contribution is -2.12. The molecule has 2 aromatic rings. The van der Waals surface area contributed by atoms with Crippen LogP contribution in [0.25, 0.3) is 11.4 Å². The highest BCUT2D eigenvalue weighted by Gasteiger charge is 2.13. The summed E-state index contributed by atoms with van der Waals surface area (Å²) in [6.07, 6.45) is 2.77. The zero-order valence-electron chi connectivity index (χ0n) is 10.4. The SMILES string of the molecule is COc1nc(-c2cccnc2N(C)C)ncc1F. The van der Waals surface area contributed by atoms with Crippen molar-refractivity contribution < 1.29 is 9.13 Å². The lowest BCUT2D eigenvalue weighted by atomic mass is 10.2. The summed E-state index contributed by atoms with van der Waals surface area (Å²) in [6, 6.07) is 3.61. The molecule has 0 radical (unpaired) electrons. The minimum Gasteiger partial charge on any atom is -0.479 e. The molecule has 0 N–H and O–H groups in total. The third kappa shape index (κ3) is 2.22. The Morgan fingerprint density at radius 3 is 2.72 bits per heavy atom. The molecule has 0 bridgehead atoms. The summed E-state index contributed by atoms with van der Waals surface area (Å²) in [5.41, 5.74) is 0.723. The van der Waals surface area contributed by atoms with E-state index in [1.54, 1.807) is 12.3 Å². The molecule has 5 nitrogen and oxygen atoms in total. The minimum atomic E-state index is -0.587. The highest BCUT2D eigenvalue weighted by atomic mass is 19.1. The van der Waals surface area contributed by atoms with Crippen LogP contribution in [0, 0.1) is 5.82 Å². The monoisotopic (exact) mass is 248 g/mol. The molecule has 0 unspecified atom stereocenters. The van der Waals surface area contributed by atoms with Crippen LogP contribution in [-0.4, -0.2) is 36.2 Å². The van der Waals surface area contributed by atoms with Crippen molar-refractivity contribution >= 4 is 5.82 Å². The number of hydrogen-bond acceptors (Lipinski definition) is 5. The van der Waals surface area contributed by atoms with Crippen molar-refractivity contribution in [1.82, 2.24) is 15.0 Å². The van der Waals surface area contributed by atoms with Gasteiger partial charge < -0.3 is 9.64 Å². The van der Waals surface area contributed by atoms with E-state index in [0.29, 0.717) is 11.6 Å². The van der Waals surface area contributed by atoms with Crippen LogP contribution in [0.4, 0.5) is 10.2 Å². The van der Waals surface area contributed by atoms with E-state index in [0.717, 1.165) is 11.8 Å². The van der Waals surface area contributed by atoms with E-state index in [1.807, 2.05) is 25.1 Å². The topological polar surface area (TPSA) is 51.1 Å². The van der Waals surface area contributed by atoms with Crippen molar-refractivity contribution in [2.24, 2.45) is 0 Å². The van der Waals surface area contributed by atoms with Crippen LogP contribution in [0.5, 0.6) is 5.88 Å². The largest absolute Gasteiger partial charge is 0.479 e. The average molecular weight is 248 g/mol. The molecule has 2 heterocycles. The average Bonchev–Trinajstić information content (AvgIpc) is 2.39. The number of pyridine rings is 1. The maximum absolute atomic E-state index is 13.3. The number of methoxy groups -OCH3 is 1. The standard InChI is InChI=1S/C12H13FN4O/c1-17(2)11-8(5-4-6-14-11)10-15-7-9(13)12(16-10)18-3/h4-7H,1-3H3. The maximum Gasteiger partial charge on any atom is 0.253 e. The number of aromatic nitrogens is 3. The van der Waals surface area contributed by atoms with Crippen molar-refractivity contribution in [3.63, 3.8) is 0 Å². The van der Waals surface area contributed by atoms with E-state index >= 15 is 0 Å². The fourth-order valence-electron chi connectivity index (χ4n) is 1.55. The minimum absolute atomic E-state index is 0.0754. The van der Waals surface area contributed by atoms with E-state index in [1.165, 1.54) is 7.11 Å². The number of ether oxygens (including phenoxy) is 1. The van der Waals surface area contributed by atoms with Crippen LogP contribution in [0.3, 0.4) is 0 Å². The van der Waals surface area contributed by atoms with Gasteiger partial charge in [-0.15, -0.1) is 0 Å². The third-order valence-electron chi connectivity index (χ3n) is 2.36. The van der Waals surface area contributed by atoms with Gasteiger partial charge in [0.2, 0.25) is 5.82 Å². The van der Waals surface area contributed by atoms with Crippen molar-refractivity contribution in [1.29, 1.82) is 0 Å². The number of halogens is 1. The van der Waals surface area contributed by atoms with Gasteiger partial charge in [0.15, 0.2) is 5.82 Å². The van der Waals surface area contributed by atoms with Gasteiger partial charge in [0.1, 0.15) is 5.82 Å². The van der Waals surface area contributed by atoms with Crippen LogP contribution < -0.4 is 9.64 Å². The molecule has 0 aromatic carbocycles. The predicted molar refractivity (Wildman–Crippen MR) is 66.1 cm³/mol. The summed E-state index contributed by atoms with van der Waals surface area (Å²) in [7, 11) is 5.10. The molecular weight excluding hydrogens is 235 g/mol. The Morgan fingerprint density at radius 1 is 1.28 bits per heavy atom. The summed E-state index contributed by atoms with van der Waals surface area (Å²) in [5, 5.41) is 0. The second kappa shape index (κ2) is 4.95. The van der Waals surface area contributed by atoms with Gasteiger partial charge in [-0.25, -0.2) is 9.97 Å². The van der Waals surface area contributed by atoms with Crippen molar-refractivity contribution in [2.75, 3.05) is 26.1 Å². The fourth-order valence-corrected chi connectivity index (χ4v) is 1.55. The van der Waals surface area contributed by atoms with Gasteiger partial charge in [0, 0.05) is 20.3 Å². The molecule has 0 spiro atoms. The molecule has 2 rings (SSSR count). The van der Waals surface area contributed by atoms with E-state index < -0.39 is 5.82 Å². The van der Waals surface area contributed by atoms with Crippen LogP contribution in [0.1, 0.15) is 0 Å². The van der Waals surface area contributed by atoms with Gasteiger partial charge in [-0.3, -0.25) is 0 Å². The Hall–Kier alpha value is -2.24.